The average Bonchev–Trinajstić information content (AvgIpc) is 3.34. The maximum atomic E-state index is 11.8. The summed E-state index contributed by atoms with van der Waals surface area (Å²) in [6.45, 7) is 2.55. The first-order valence-corrected chi connectivity index (χ1v) is 9.69. The molecule has 4 heterocycles. The van der Waals surface area contributed by atoms with Crippen LogP contribution in [-0.2, 0) is 11.3 Å². The number of likely N-dealkylation sites (tertiary alicyclic amines) is 2. The molecule has 7 nitrogen and oxygen atoms in total. The molecule has 0 saturated carbocycles. The number of nitrogens with zero attached hydrogens (tertiary/aromatic N) is 3. The summed E-state index contributed by atoms with van der Waals surface area (Å²) in [5, 5.41) is 9.08. The number of aromatic nitrogens is 1. The van der Waals surface area contributed by atoms with E-state index in [9.17, 15) is 4.79 Å². The Morgan fingerprint density at radius 3 is 2.79 bits per heavy atom. The van der Waals surface area contributed by atoms with Crippen LogP contribution in [0.3, 0.4) is 0 Å². The molecular weight excluding hydrogens is 358 g/mol. The van der Waals surface area contributed by atoms with Crippen LogP contribution in [0.25, 0.3) is 0 Å². The van der Waals surface area contributed by atoms with Crippen molar-refractivity contribution in [3.63, 3.8) is 0 Å². The molecule has 1 aromatic carbocycles. The number of aliphatic hydroxyl groups is 1. The minimum atomic E-state index is -0.391. The van der Waals surface area contributed by atoms with Gasteiger partial charge >= 0.3 is 0 Å². The van der Waals surface area contributed by atoms with Crippen LogP contribution in [-0.4, -0.2) is 64.2 Å². The van der Waals surface area contributed by atoms with E-state index in [1.807, 2.05) is 17.0 Å². The summed E-state index contributed by atoms with van der Waals surface area (Å²) in [4.78, 5) is 20.3. The number of pyridine rings is 1. The number of amides is 1. The lowest BCUT2D eigenvalue weighted by Gasteiger charge is -2.34. The first-order chi connectivity index (χ1) is 13.7. The number of hydrogen-bond donors (Lipinski definition) is 1. The molecule has 3 aliphatic rings. The highest BCUT2D eigenvalue weighted by Crippen LogP contribution is 2.35. The molecule has 146 valence electrons. The van der Waals surface area contributed by atoms with Gasteiger partial charge in [0, 0.05) is 37.9 Å². The SMILES string of the molecule is O=C(CO)N1C[C@H]2C[C@H]1CN2Cc1ccc([C@H]2COc3cccnc3O2)cc1. The van der Waals surface area contributed by atoms with Crippen LogP contribution in [0.2, 0.25) is 0 Å². The summed E-state index contributed by atoms with van der Waals surface area (Å²) in [5.41, 5.74) is 2.31. The molecule has 1 aromatic heterocycles. The topological polar surface area (TPSA) is 75.1 Å². The van der Waals surface area contributed by atoms with Crippen molar-refractivity contribution in [1.29, 1.82) is 0 Å². The van der Waals surface area contributed by atoms with Crippen molar-refractivity contribution in [2.45, 2.75) is 31.2 Å². The highest BCUT2D eigenvalue weighted by Gasteiger charge is 2.44. The van der Waals surface area contributed by atoms with E-state index in [1.165, 1.54) is 5.56 Å². The van der Waals surface area contributed by atoms with Crippen LogP contribution in [0.5, 0.6) is 11.6 Å². The lowest BCUT2D eigenvalue weighted by atomic mass is 10.1. The van der Waals surface area contributed by atoms with Gasteiger partial charge in [-0.1, -0.05) is 24.3 Å². The molecule has 2 aromatic rings. The zero-order valence-electron chi connectivity index (χ0n) is 15.5. The van der Waals surface area contributed by atoms with Crippen LogP contribution in [0.1, 0.15) is 23.7 Å². The number of aliphatic hydroxyl groups excluding tert-OH is 1. The molecule has 1 amide bonds. The average molecular weight is 381 g/mol. The van der Waals surface area contributed by atoms with Gasteiger partial charge in [0.1, 0.15) is 13.2 Å². The Labute approximate surface area is 163 Å². The van der Waals surface area contributed by atoms with Crippen LogP contribution in [0, 0.1) is 0 Å². The summed E-state index contributed by atoms with van der Waals surface area (Å²) < 4.78 is 11.7. The van der Waals surface area contributed by atoms with E-state index in [2.05, 4.69) is 34.1 Å². The molecule has 0 unspecified atom stereocenters. The summed E-state index contributed by atoms with van der Waals surface area (Å²) in [6.07, 6.45) is 2.55. The number of rotatable bonds is 4. The fourth-order valence-electron chi connectivity index (χ4n) is 4.48. The number of carbonyl (C=O) groups excluding carboxylic acids is 1. The lowest BCUT2D eigenvalue weighted by molar-refractivity contribution is -0.136. The highest BCUT2D eigenvalue weighted by atomic mass is 16.6. The second kappa shape index (κ2) is 7.07. The Morgan fingerprint density at radius 2 is 2.04 bits per heavy atom. The molecule has 1 N–H and O–H groups in total. The van der Waals surface area contributed by atoms with E-state index in [1.54, 1.807) is 6.20 Å². The number of ether oxygens (including phenoxy) is 2. The predicted octanol–water partition coefficient (Wildman–Crippen LogP) is 1.37. The minimum absolute atomic E-state index is 0.151. The van der Waals surface area contributed by atoms with E-state index >= 15 is 0 Å². The molecule has 0 radical (unpaired) electrons. The van der Waals surface area contributed by atoms with Gasteiger partial charge in [0.2, 0.25) is 5.91 Å². The molecule has 3 aliphatic heterocycles. The zero-order valence-corrected chi connectivity index (χ0v) is 15.5. The predicted molar refractivity (Wildman–Crippen MR) is 101 cm³/mol. The van der Waals surface area contributed by atoms with Gasteiger partial charge in [-0.2, -0.15) is 0 Å². The van der Waals surface area contributed by atoms with Gasteiger partial charge in [0.15, 0.2) is 11.9 Å². The fourth-order valence-corrected chi connectivity index (χ4v) is 4.48. The number of benzene rings is 1. The summed E-state index contributed by atoms with van der Waals surface area (Å²) >= 11 is 0. The van der Waals surface area contributed by atoms with Gasteiger partial charge in [0.25, 0.3) is 5.88 Å². The third-order valence-electron chi connectivity index (χ3n) is 5.93. The number of carbonyl (C=O) groups is 1. The maximum Gasteiger partial charge on any atom is 0.257 e. The Hall–Kier alpha value is -2.64. The quantitative estimate of drug-likeness (QED) is 0.862. The van der Waals surface area contributed by atoms with Gasteiger partial charge in [-0.3, -0.25) is 9.69 Å². The van der Waals surface area contributed by atoms with Crippen molar-refractivity contribution in [1.82, 2.24) is 14.8 Å². The molecule has 0 spiro atoms. The van der Waals surface area contributed by atoms with Crippen molar-refractivity contribution < 1.29 is 19.4 Å². The Kier molecular flexibility index (Phi) is 4.41. The molecule has 2 fully saturated rings. The van der Waals surface area contributed by atoms with E-state index in [0.717, 1.165) is 31.6 Å². The summed E-state index contributed by atoms with van der Waals surface area (Å²) in [7, 11) is 0. The van der Waals surface area contributed by atoms with E-state index in [-0.39, 0.29) is 18.1 Å². The largest absolute Gasteiger partial charge is 0.484 e. The van der Waals surface area contributed by atoms with Gasteiger partial charge in [0.05, 0.1) is 0 Å². The van der Waals surface area contributed by atoms with Crippen LogP contribution >= 0.6 is 0 Å². The Balaban J connectivity index is 1.21. The summed E-state index contributed by atoms with van der Waals surface area (Å²) in [6, 6.07) is 12.8. The number of piperazine rings is 1. The summed E-state index contributed by atoms with van der Waals surface area (Å²) in [5.74, 6) is 1.08. The second-order valence-electron chi connectivity index (χ2n) is 7.64. The minimum Gasteiger partial charge on any atom is -0.484 e. The third-order valence-corrected chi connectivity index (χ3v) is 5.93. The normalized spacial score (nSPS) is 25.9. The van der Waals surface area contributed by atoms with Crippen LogP contribution < -0.4 is 9.47 Å². The third kappa shape index (κ3) is 3.10. The molecular formula is C21H23N3O4. The van der Waals surface area contributed by atoms with Crippen molar-refractivity contribution >= 4 is 5.91 Å². The maximum absolute atomic E-state index is 11.8. The molecule has 2 saturated heterocycles. The molecule has 28 heavy (non-hydrogen) atoms. The molecule has 3 atom stereocenters. The molecule has 2 bridgehead atoms. The molecule has 0 aliphatic carbocycles. The van der Waals surface area contributed by atoms with Crippen molar-refractivity contribution in [2.75, 3.05) is 26.3 Å². The van der Waals surface area contributed by atoms with Crippen LogP contribution in [0.15, 0.2) is 42.6 Å². The Morgan fingerprint density at radius 1 is 1.18 bits per heavy atom. The van der Waals surface area contributed by atoms with Gasteiger partial charge in [-0.25, -0.2) is 4.98 Å². The van der Waals surface area contributed by atoms with Gasteiger partial charge < -0.3 is 19.5 Å². The van der Waals surface area contributed by atoms with Gasteiger partial charge in [-0.15, -0.1) is 0 Å². The van der Waals surface area contributed by atoms with E-state index < -0.39 is 6.61 Å². The van der Waals surface area contributed by atoms with Crippen molar-refractivity contribution in [2.24, 2.45) is 0 Å². The fraction of sp³-hybridized carbons (Fsp3) is 0.429. The van der Waals surface area contributed by atoms with Crippen molar-refractivity contribution in [3.8, 4) is 11.6 Å². The lowest BCUT2D eigenvalue weighted by Crippen LogP contribution is -2.49. The number of fused-ring (bicyclic) bond motifs is 3. The molecule has 7 heteroatoms. The van der Waals surface area contributed by atoms with Crippen LogP contribution in [0.4, 0.5) is 0 Å². The smallest absolute Gasteiger partial charge is 0.257 e. The first kappa shape index (κ1) is 17.5. The molecule has 5 rings (SSSR count). The second-order valence-corrected chi connectivity index (χ2v) is 7.64. The number of hydrogen-bond acceptors (Lipinski definition) is 6. The van der Waals surface area contributed by atoms with E-state index in [0.29, 0.717) is 24.3 Å². The first-order valence-electron chi connectivity index (χ1n) is 9.69. The monoisotopic (exact) mass is 381 g/mol. The van der Waals surface area contributed by atoms with Crippen molar-refractivity contribution in [3.05, 3.63) is 53.7 Å². The van der Waals surface area contributed by atoms with Gasteiger partial charge in [-0.05, 0) is 29.7 Å². The van der Waals surface area contributed by atoms with E-state index in [4.69, 9.17) is 14.6 Å². The zero-order chi connectivity index (χ0) is 19.1. The standard InChI is InChI=1S/C21H23N3O4/c25-12-20(26)24-11-16-8-17(24)10-23(16)9-14-3-5-15(6-4-14)19-13-27-18-2-1-7-22-21(18)28-19/h1-7,16-17,19,25H,8-13H2/t16-,17+,19-/m1/s1. The highest BCUT2D eigenvalue weighted by molar-refractivity contribution is 5.78. The Bertz CT molecular complexity index is 872.